The van der Waals surface area contributed by atoms with Crippen LogP contribution in [0.3, 0.4) is 0 Å². The van der Waals surface area contributed by atoms with Gasteiger partial charge in [0.2, 0.25) is 16.4 Å². The molecule has 1 aliphatic rings. The Balaban J connectivity index is 1.68. The molecule has 0 spiro atoms. The first-order valence-electron chi connectivity index (χ1n) is 9.84. The van der Waals surface area contributed by atoms with Crippen LogP contribution in [0.4, 0.5) is 28.9 Å². The Morgan fingerprint density at radius 2 is 1.97 bits per heavy atom. The number of carbonyl (C=O) groups is 1. The smallest absolute Gasteiger partial charge is 0.363 e. The highest BCUT2D eigenvalue weighted by Gasteiger charge is 2.31. The van der Waals surface area contributed by atoms with Crippen molar-refractivity contribution in [3.8, 4) is 0 Å². The molecule has 0 atom stereocenters. The Morgan fingerprint density at radius 3 is 2.61 bits per heavy atom. The highest BCUT2D eigenvalue weighted by Crippen LogP contribution is 2.31. The fraction of sp³-hybridized carbons (Fsp3) is 0.368. The van der Waals surface area contributed by atoms with E-state index in [0.29, 0.717) is 49.7 Å². The van der Waals surface area contributed by atoms with E-state index in [2.05, 4.69) is 36.6 Å². The lowest BCUT2D eigenvalue weighted by Crippen LogP contribution is -2.46. The highest BCUT2D eigenvalue weighted by molar-refractivity contribution is 9.10. The van der Waals surface area contributed by atoms with Crippen molar-refractivity contribution in [2.24, 2.45) is 0 Å². The number of carbonyl (C=O) groups excluding carboxylic acids is 1. The molecule has 1 fully saturated rings. The van der Waals surface area contributed by atoms with Gasteiger partial charge in [-0.15, -0.1) is 5.10 Å². The summed E-state index contributed by atoms with van der Waals surface area (Å²) in [6, 6.07) is 1.85. The van der Waals surface area contributed by atoms with Crippen LogP contribution < -0.4 is 21.1 Å². The second-order valence-corrected chi connectivity index (χ2v) is 8.10. The fourth-order valence-electron chi connectivity index (χ4n) is 3.69. The molecular formula is C19H18BrF4N7O2. The number of benzene rings is 1. The normalized spacial score (nSPS) is 14.7. The summed E-state index contributed by atoms with van der Waals surface area (Å²) in [5, 5.41) is 9.53. The average Bonchev–Trinajstić information content (AvgIpc) is 3.14. The van der Waals surface area contributed by atoms with Crippen molar-refractivity contribution in [1.82, 2.24) is 24.5 Å². The highest BCUT2D eigenvalue weighted by atomic mass is 79.9. The zero-order chi connectivity index (χ0) is 23.9. The molecule has 14 heteroatoms. The van der Waals surface area contributed by atoms with Gasteiger partial charge >= 0.3 is 6.18 Å². The van der Waals surface area contributed by atoms with Crippen molar-refractivity contribution >= 4 is 39.0 Å². The molecule has 2 N–H and O–H groups in total. The predicted octanol–water partition coefficient (Wildman–Crippen LogP) is 2.17. The van der Waals surface area contributed by atoms with Crippen LogP contribution in [0.2, 0.25) is 0 Å². The van der Waals surface area contributed by atoms with E-state index in [1.165, 1.54) is 4.57 Å². The van der Waals surface area contributed by atoms with Gasteiger partial charge in [0, 0.05) is 31.9 Å². The molecule has 4 rings (SSSR count). The number of piperazine rings is 1. The van der Waals surface area contributed by atoms with Crippen LogP contribution >= 0.6 is 15.9 Å². The largest absolute Gasteiger partial charge is 0.416 e. The Kier molecular flexibility index (Phi) is 6.14. The summed E-state index contributed by atoms with van der Waals surface area (Å²) < 4.78 is 55.1. The van der Waals surface area contributed by atoms with Crippen LogP contribution in [0.5, 0.6) is 0 Å². The van der Waals surface area contributed by atoms with Gasteiger partial charge in [-0.25, -0.2) is 4.39 Å². The van der Waals surface area contributed by atoms with Gasteiger partial charge in [0.15, 0.2) is 0 Å². The number of halogens is 5. The summed E-state index contributed by atoms with van der Waals surface area (Å²) >= 11 is 3.13. The van der Waals surface area contributed by atoms with Crippen LogP contribution in [0.25, 0.3) is 5.78 Å². The van der Waals surface area contributed by atoms with Gasteiger partial charge in [-0.1, -0.05) is 0 Å². The molecule has 3 heterocycles. The van der Waals surface area contributed by atoms with Crippen LogP contribution in [0.1, 0.15) is 11.3 Å². The number of hydrogen-bond donors (Lipinski definition) is 2. The Morgan fingerprint density at radius 1 is 1.27 bits per heavy atom. The van der Waals surface area contributed by atoms with Crippen molar-refractivity contribution in [2.45, 2.75) is 19.6 Å². The molecule has 0 aliphatic carbocycles. The van der Waals surface area contributed by atoms with Crippen molar-refractivity contribution in [3.63, 3.8) is 0 Å². The van der Waals surface area contributed by atoms with Gasteiger partial charge in [-0.3, -0.25) is 9.59 Å². The number of alkyl halides is 3. The van der Waals surface area contributed by atoms with Crippen LogP contribution in [-0.2, 0) is 17.5 Å². The predicted molar refractivity (Wildman–Crippen MR) is 115 cm³/mol. The lowest BCUT2D eigenvalue weighted by Gasteiger charge is -2.30. The number of anilines is 2. The standard InChI is InChI=1S/C19H18BrF4N7O2/c1-10-15(29-6-4-25-5-7-29)16(33)31-18(27-17(20)28-31)30(10)9-14(32)26-13-3-2-11(8-12(13)21)19(22,23)24/h2-3,8,25H,4-7,9H2,1H3,(H,26,32). The lowest BCUT2D eigenvalue weighted by atomic mass is 10.2. The summed E-state index contributed by atoms with van der Waals surface area (Å²) in [7, 11) is 0. The van der Waals surface area contributed by atoms with Crippen LogP contribution in [0.15, 0.2) is 27.7 Å². The van der Waals surface area contributed by atoms with Gasteiger partial charge in [0.05, 0.1) is 11.3 Å². The Bertz CT molecular complexity index is 1280. The summed E-state index contributed by atoms with van der Waals surface area (Å²) in [6.07, 6.45) is -4.70. The molecule has 0 saturated carbocycles. The van der Waals surface area contributed by atoms with Crippen molar-refractivity contribution in [3.05, 3.63) is 50.4 Å². The number of amides is 1. The monoisotopic (exact) mass is 531 g/mol. The van der Waals surface area contributed by atoms with Gasteiger partial charge in [-0.2, -0.15) is 22.7 Å². The molecule has 1 amide bonds. The third kappa shape index (κ3) is 4.57. The minimum atomic E-state index is -4.70. The van der Waals surface area contributed by atoms with E-state index >= 15 is 0 Å². The number of aromatic nitrogens is 4. The molecule has 176 valence electrons. The average molecular weight is 532 g/mol. The third-order valence-corrected chi connectivity index (χ3v) is 5.59. The first-order valence-corrected chi connectivity index (χ1v) is 10.6. The summed E-state index contributed by atoms with van der Waals surface area (Å²) in [6.45, 7) is 3.77. The minimum Gasteiger partial charge on any atom is -0.363 e. The Labute approximate surface area is 192 Å². The maximum Gasteiger partial charge on any atom is 0.416 e. The maximum atomic E-state index is 14.2. The zero-order valence-corrected chi connectivity index (χ0v) is 18.8. The lowest BCUT2D eigenvalue weighted by molar-refractivity contribution is -0.137. The quantitative estimate of drug-likeness (QED) is 0.501. The molecule has 9 nitrogen and oxygen atoms in total. The minimum absolute atomic E-state index is 0.0892. The third-order valence-electron chi connectivity index (χ3n) is 5.25. The second kappa shape index (κ2) is 8.74. The number of fused-ring (bicyclic) bond motifs is 1. The molecule has 1 aromatic carbocycles. The maximum absolute atomic E-state index is 14.2. The second-order valence-electron chi connectivity index (χ2n) is 7.40. The molecule has 0 unspecified atom stereocenters. The first-order chi connectivity index (χ1) is 15.6. The summed E-state index contributed by atoms with van der Waals surface area (Å²) in [5.74, 6) is -1.84. The van der Waals surface area contributed by atoms with Crippen molar-refractivity contribution in [2.75, 3.05) is 36.4 Å². The fourth-order valence-corrected chi connectivity index (χ4v) is 4.01. The molecule has 33 heavy (non-hydrogen) atoms. The van der Waals surface area contributed by atoms with Gasteiger partial charge in [-0.05, 0) is 41.1 Å². The van der Waals surface area contributed by atoms with E-state index in [-0.39, 0.29) is 17.1 Å². The first kappa shape index (κ1) is 23.2. The van der Waals surface area contributed by atoms with E-state index in [1.807, 2.05) is 4.90 Å². The number of nitrogens with one attached hydrogen (secondary N) is 2. The molecule has 1 aliphatic heterocycles. The number of hydrogen-bond acceptors (Lipinski definition) is 6. The molecular weight excluding hydrogens is 514 g/mol. The van der Waals surface area contributed by atoms with Crippen molar-refractivity contribution < 1.29 is 22.4 Å². The molecule has 2 aromatic heterocycles. The molecule has 1 saturated heterocycles. The summed E-state index contributed by atoms with van der Waals surface area (Å²) in [4.78, 5) is 31.8. The Hall–Kier alpha value is -3.00. The summed E-state index contributed by atoms with van der Waals surface area (Å²) in [5.41, 5.74) is -1.14. The SMILES string of the molecule is Cc1c(N2CCNCC2)c(=O)n2nc(Br)nc2n1CC(=O)Nc1ccc(C(F)(F)F)cc1F. The van der Waals surface area contributed by atoms with E-state index in [4.69, 9.17) is 0 Å². The van der Waals surface area contributed by atoms with Gasteiger partial charge in [0.1, 0.15) is 18.0 Å². The number of nitrogens with zero attached hydrogens (tertiary/aromatic N) is 5. The van der Waals surface area contributed by atoms with E-state index < -0.39 is 34.7 Å². The van der Waals surface area contributed by atoms with Gasteiger partial charge in [0.25, 0.3) is 5.56 Å². The van der Waals surface area contributed by atoms with E-state index in [0.717, 1.165) is 10.6 Å². The zero-order valence-electron chi connectivity index (χ0n) is 17.2. The van der Waals surface area contributed by atoms with Gasteiger partial charge < -0.3 is 20.1 Å². The van der Waals surface area contributed by atoms with E-state index in [9.17, 15) is 27.2 Å². The number of rotatable bonds is 4. The van der Waals surface area contributed by atoms with Crippen LogP contribution in [0, 0.1) is 12.7 Å². The van der Waals surface area contributed by atoms with E-state index in [1.54, 1.807) is 6.92 Å². The van der Waals surface area contributed by atoms with Crippen molar-refractivity contribution in [1.29, 1.82) is 0 Å². The van der Waals surface area contributed by atoms with Crippen LogP contribution in [-0.4, -0.2) is 51.3 Å². The molecule has 3 aromatic rings. The molecule has 0 radical (unpaired) electrons. The topological polar surface area (TPSA) is 96.6 Å². The molecule has 0 bridgehead atoms.